The van der Waals surface area contributed by atoms with Crippen molar-refractivity contribution in [1.82, 2.24) is 14.2 Å². The zero-order chi connectivity index (χ0) is 23.4. The molecule has 1 amide bonds. The molecule has 2 aliphatic heterocycles. The molecular weight excluding hydrogens is 442 g/mol. The zero-order valence-corrected chi connectivity index (χ0v) is 19.4. The molecule has 0 bridgehead atoms. The highest BCUT2D eigenvalue weighted by Gasteiger charge is 2.29. The van der Waals surface area contributed by atoms with Crippen LogP contribution in [-0.4, -0.2) is 81.0 Å². The van der Waals surface area contributed by atoms with E-state index in [9.17, 15) is 18.5 Å². The molecule has 1 aromatic carbocycles. The molecular formula is C23H27N5O4S. The van der Waals surface area contributed by atoms with Crippen molar-refractivity contribution in [3.8, 4) is 6.07 Å². The molecule has 0 atom stereocenters. The summed E-state index contributed by atoms with van der Waals surface area (Å²) in [5.41, 5.74) is 1.64. The molecule has 174 valence electrons. The van der Waals surface area contributed by atoms with Crippen LogP contribution in [0.25, 0.3) is 0 Å². The van der Waals surface area contributed by atoms with Crippen molar-refractivity contribution in [2.24, 2.45) is 0 Å². The van der Waals surface area contributed by atoms with Crippen LogP contribution in [0.15, 0.2) is 41.4 Å². The van der Waals surface area contributed by atoms with Crippen molar-refractivity contribution in [1.29, 1.82) is 5.26 Å². The summed E-state index contributed by atoms with van der Waals surface area (Å²) < 4.78 is 32.8. The first kappa shape index (κ1) is 23.2. The lowest BCUT2D eigenvalue weighted by Gasteiger charge is -2.27. The molecule has 10 heteroatoms. The summed E-state index contributed by atoms with van der Waals surface area (Å²) in [6.07, 6.45) is 2.38. The minimum Gasteiger partial charge on any atom is -0.379 e. The van der Waals surface area contributed by atoms with E-state index in [1.807, 2.05) is 11.8 Å². The van der Waals surface area contributed by atoms with E-state index < -0.39 is 10.0 Å². The monoisotopic (exact) mass is 469 g/mol. The molecule has 2 fully saturated rings. The van der Waals surface area contributed by atoms with Gasteiger partial charge in [-0.3, -0.25) is 4.79 Å². The summed E-state index contributed by atoms with van der Waals surface area (Å²) in [7, 11) is -3.69. The van der Waals surface area contributed by atoms with Crippen molar-refractivity contribution in [2.45, 2.75) is 18.2 Å². The van der Waals surface area contributed by atoms with Gasteiger partial charge in [0.05, 0.1) is 23.7 Å². The van der Waals surface area contributed by atoms with Crippen LogP contribution in [0, 0.1) is 18.3 Å². The number of sulfonamides is 1. The molecule has 3 heterocycles. The van der Waals surface area contributed by atoms with Crippen LogP contribution in [0.4, 0.5) is 5.82 Å². The van der Waals surface area contributed by atoms with Crippen molar-refractivity contribution in [3.63, 3.8) is 0 Å². The Labute approximate surface area is 194 Å². The lowest BCUT2D eigenvalue weighted by atomic mass is 10.1. The molecule has 2 aliphatic rings. The van der Waals surface area contributed by atoms with Gasteiger partial charge in [-0.2, -0.15) is 9.57 Å². The molecule has 0 unspecified atom stereocenters. The third-order valence-corrected chi connectivity index (χ3v) is 7.93. The average Bonchev–Trinajstić information content (AvgIpc) is 3.10. The molecule has 1 aromatic heterocycles. The normalized spacial score (nSPS) is 17.9. The van der Waals surface area contributed by atoms with E-state index in [1.54, 1.807) is 35.4 Å². The third kappa shape index (κ3) is 4.85. The number of carbonyl (C=O) groups is 1. The van der Waals surface area contributed by atoms with Gasteiger partial charge in [0.1, 0.15) is 11.9 Å². The van der Waals surface area contributed by atoms with Gasteiger partial charge >= 0.3 is 0 Å². The Bertz CT molecular complexity index is 1170. The van der Waals surface area contributed by atoms with Gasteiger partial charge in [-0.15, -0.1) is 0 Å². The van der Waals surface area contributed by atoms with E-state index in [0.29, 0.717) is 69.4 Å². The van der Waals surface area contributed by atoms with Gasteiger partial charge in [-0.25, -0.2) is 13.4 Å². The number of ether oxygens (including phenoxy) is 1. The maximum Gasteiger partial charge on any atom is 0.254 e. The van der Waals surface area contributed by atoms with Crippen LogP contribution in [0.5, 0.6) is 0 Å². The summed E-state index contributed by atoms with van der Waals surface area (Å²) in [5.74, 6) is 0.444. The number of amides is 1. The summed E-state index contributed by atoms with van der Waals surface area (Å²) in [4.78, 5) is 21.7. The Morgan fingerprint density at radius 3 is 2.64 bits per heavy atom. The first-order chi connectivity index (χ1) is 15.9. The largest absolute Gasteiger partial charge is 0.379 e. The predicted octanol–water partition coefficient (Wildman–Crippen LogP) is 1.64. The van der Waals surface area contributed by atoms with Crippen LogP contribution in [0.1, 0.15) is 27.9 Å². The first-order valence-corrected chi connectivity index (χ1v) is 12.4. The fraction of sp³-hybridized carbons (Fsp3) is 0.435. The zero-order valence-electron chi connectivity index (χ0n) is 18.6. The standard InChI is InChI=1S/C23H27N5O4S/c1-18-5-6-20(33(30,31)28-12-14-32-15-13-28)16-21(18)23(29)27-9-3-8-26(10-11-27)22-19(17-24)4-2-7-25-22/h2,4-7,16H,3,8-15H2,1H3. The number of hydrogen-bond donors (Lipinski definition) is 0. The highest BCUT2D eigenvalue weighted by atomic mass is 32.2. The van der Waals surface area contributed by atoms with Crippen molar-refractivity contribution < 1.29 is 17.9 Å². The molecule has 0 radical (unpaired) electrons. The van der Waals surface area contributed by atoms with E-state index in [1.165, 1.54) is 10.4 Å². The Kier molecular flexibility index (Phi) is 6.93. The van der Waals surface area contributed by atoms with Crippen molar-refractivity contribution in [3.05, 3.63) is 53.2 Å². The summed E-state index contributed by atoms with van der Waals surface area (Å²) in [5, 5.41) is 9.38. The maximum absolute atomic E-state index is 13.4. The van der Waals surface area contributed by atoms with E-state index in [4.69, 9.17) is 4.74 Å². The predicted molar refractivity (Wildman–Crippen MR) is 122 cm³/mol. The topological polar surface area (TPSA) is 107 Å². The Balaban J connectivity index is 1.53. The Morgan fingerprint density at radius 1 is 1.09 bits per heavy atom. The van der Waals surface area contributed by atoms with Gasteiger partial charge in [0.25, 0.3) is 5.91 Å². The second-order valence-corrected chi connectivity index (χ2v) is 10.1. The number of anilines is 1. The quantitative estimate of drug-likeness (QED) is 0.670. The number of aromatic nitrogens is 1. The van der Waals surface area contributed by atoms with Crippen molar-refractivity contribution in [2.75, 3.05) is 57.4 Å². The summed E-state index contributed by atoms with van der Waals surface area (Å²) >= 11 is 0. The van der Waals surface area contributed by atoms with Crippen molar-refractivity contribution >= 4 is 21.7 Å². The molecule has 33 heavy (non-hydrogen) atoms. The number of aryl methyl sites for hydroxylation is 1. The number of nitrogens with zero attached hydrogens (tertiary/aromatic N) is 5. The highest BCUT2D eigenvalue weighted by molar-refractivity contribution is 7.89. The number of pyridine rings is 1. The Morgan fingerprint density at radius 2 is 1.88 bits per heavy atom. The van der Waals surface area contributed by atoms with Gasteiger partial charge in [0.15, 0.2) is 0 Å². The molecule has 0 aliphatic carbocycles. The van der Waals surface area contributed by atoms with Gasteiger partial charge in [-0.1, -0.05) is 6.07 Å². The van der Waals surface area contributed by atoms with Crippen LogP contribution < -0.4 is 4.90 Å². The van der Waals surface area contributed by atoms with Gasteiger partial charge in [0.2, 0.25) is 10.0 Å². The highest BCUT2D eigenvalue weighted by Crippen LogP contribution is 2.23. The molecule has 2 aromatic rings. The Hall–Kier alpha value is -3.00. The number of hydrogen-bond acceptors (Lipinski definition) is 7. The average molecular weight is 470 g/mol. The van der Waals surface area contributed by atoms with Gasteiger partial charge in [-0.05, 0) is 43.2 Å². The van der Waals surface area contributed by atoms with E-state index >= 15 is 0 Å². The van der Waals surface area contributed by atoms with E-state index in [-0.39, 0.29) is 10.8 Å². The smallest absolute Gasteiger partial charge is 0.254 e. The van der Waals surface area contributed by atoms with Gasteiger partial charge in [0, 0.05) is 51.0 Å². The number of carbonyl (C=O) groups excluding carboxylic acids is 1. The molecule has 2 saturated heterocycles. The fourth-order valence-electron chi connectivity index (χ4n) is 4.17. The SMILES string of the molecule is Cc1ccc(S(=O)(=O)N2CCOCC2)cc1C(=O)N1CCCN(c2ncccc2C#N)CC1. The maximum atomic E-state index is 13.4. The summed E-state index contributed by atoms with van der Waals surface area (Å²) in [6.45, 7) is 5.39. The second kappa shape index (κ2) is 9.87. The number of rotatable bonds is 4. The van der Waals surface area contributed by atoms with Crippen LogP contribution >= 0.6 is 0 Å². The van der Waals surface area contributed by atoms with E-state index in [0.717, 1.165) is 12.0 Å². The first-order valence-electron chi connectivity index (χ1n) is 11.0. The van der Waals surface area contributed by atoms with E-state index in [2.05, 4.69) is 11.1 Å². The molecule has 0 N–H and O–H groups in total. The molecule has 0 spiro atoms. The minimum atomic E-state index is -3.69. The molecule has 9 nitrogen and oxygen atoms in total. The lowest BCUT2D eigenvalue weighted by Crippen LogP contribution is -2.40. The molecule has 0 saturated carbocycles. The fourth-order valence-corrected chi connectivity index (χ4v) is 5.60. The van der Waals surface area contributed by atoms with Crippen LogP contribution in [0.3, 0.4) is 0 Å². The lowest BCUT2D eigenvalue weighted by molar-refractivity contribution is 0.0729. The van der Waals surface area contributed by atoms with Gasteiger partial charge < -0.3 is 14.5 Å². The minimum absolute atomic E-state index is 0.127. The van der Waals surface area contributed by atoms with Crippen LogP contribution in [0.2, 0.25) is 0 Å². The number of morpholine rings is 1. The molecule has 4 rings (SSSR count). The second-order valence-electron chi connectivity index (χ2n) is 8.11. The van der Waals surface area contributed by atoms with Crippen LogP contribution in [-0.2, 0) is 14.8 Å². The number of nitriles is 1. The number of benzene rings is 1. The summed E-state index contributed by atoms with van der Waals surface area (Å²) in [6, 6.07) is 10.4. The third-order valence-electron chi connectivity index (χ3n) is 6.04.